The fourth-order valence-corrected chi connectivity index (χ4v) is 4.88. The highest BCUT2D eigenvalue weighted by atomic mass is 79.9. The summed E-state index contributed by atoms with van der Waals surface area (Å²) < 4.78 is 14.6. The van der Waals surface area contributed by atoms with Crippen molar-refractivity contribution < 1.29 is 14.3 Å². The Morgan fingerprint density at radius 2 is 2.00 bits per heavy atom. The van der Waals surface area contributed by atoms with Gasteiger partial charge in [0.15, 0.2) is 0 Å². The minimum Gasteiger partial charge on any atom is -0.489 e. The van der Waals surface area contributed by atoms with Crippen LogP contribution in [0.4, 0.5) is 5.95 Å². The molecule has 0 spiro atoms. The summed E-state index contributed by atoms with van der Waals surface area (Å²) in [6, 6.07) is 13.4. The molecule has 0 saturated heterocycles. The number of aryl methyl sites for hydroxylation is 1. The van der Waals surface area contributed by atoms with Gasteiger partial charge in [0.25, 0.3) is 0 Å². The predicted molar refractivity (Wildman–Crippen MR) is 142 cm³/mol. The van der Waals surface area contributed by atoms with Gasteiger partial charge in [-0.25, -0.2) is 9.48 Å². The number of carbonyl (C=O) groups is 1. The smallest absolute Gasteiger partial charge is 0.338 e. The van der Waals surface area contributed by atoms with Crippen LogP contribution in [0.1, 0.15) is 50.4 Å². The summed E-state index contributed by atoms with van der Waals surface area (Å²) in [7, 11) is 0. The first-order chi connectivity index (χ1) is 16.8. The molecule has 0 fully saturated rings. The van der Waals surface area contributed by atoms with Crippen LogP contribution >= 0.6 is 27.7 Å². The SMILES string of the molecule is CCSc1nc2n(n1)C(c1cc(Br)ccc1OCc1ccccc1C)C(C(=O)OC(C)C)=C(C)N2. The number of halogens is 1. The molecule has 1 aliphatic rings. The van der Waals surface area contributed by atoms with E-state index in [0.717, 1.165) is 26.9 Å². The van der Waals surface area contributed by atoms with E-state index in [1.165, 1.54) is 0 Å². The summed E-state index contributed by atoms with van der Waals surface area (Å²) >= 11 is 5.15. The molecule has 184 valence electrons. The Morgan fingerprint density at radius 1 is 1.23 bits per heavy atom. The number of carbonyl (C=O) groups excluding carboxylic acids is 1. The number of hydrogen-bond acceptors (Lipinski definition) is 7. The Kier molecular flexibility index (Phi) is 7.86. The molecule has 0 aliphatic carbocycles. The molecule has 4 rings (SSSR count). The van der Waals surface area contributed by atoms with Crippen molar-refractivity contribution in [3.63, 3.8) is 0 Å². The van der Waals surface area contributed by atoms with Gasteiger partial charge in [0.2, 0.25) is 11.1 Å². The van der Waals surface area contributed by atoms with E-state index in [-0.39, 0.29) is 6.10 Å². The first-order valence-corrected chi connectivity index (χ1v) is 13.3. The normalized spacial score (nSPS) is 15.1. The highest BCUT2D eigenvalue weighted by molar-refractivity contribution is 9.10. The van der Waals surface area contributed by atoms with Crippen LogP contribution in [0.2, 0.25) is 0 Å². The number of aromatic nitrogens is 3. The van der Waals surface area contributed by atoms with Crippen LogP contribution in [0.3, 0.4) is 0 Å². The van der Waals surface area contributed by atoms with Crippen molar-refractivity contribution in [3.05, 3.63) is 74.9 Å². The molecule has 2 heterocycles. The maximum Gasteiger partial charge on any atom is 0.338 e. The lowest BCUT2D eigenvalue weighted by atomic mass is 9.95. The maximum absolute atomic E-state index is 13.3. The molecule has 0 saturated carbocycles. The number of rotatable bonds is 8. The van der Waals surface area contributed by atoms with Crippen molar-refractivity contribution in [2.45, 2.75) is 58.5 Å². The summed E-state index contributed by atoms with van der Waals surface area (Å²) in [4.78, 5) is 18.0. The third-order valence-electron chi connectivity index (χ3n) is 5.58. The van der Waals surface area contributed by atoms with Crippen LogP contribution in [0.25, 0.3) is 0 Å². The van der Waals surface area contributed by atoms with E-state index >= 15 is 0 Å². The van der Waals surface area contributed by atoms with Gasteiger partial charge in [0.1, 0.15) is 18.4 Å². The minimum atomic E-state index is -0.569. The van der Waals surface area contributed by atoms with Gasteiger partial charge in [0, 0.05) is 15.7 Å². The number of anilines is 1. The molecule has 1 unspecified atom stereocenters. The Morgan fingerprint density at radius 3 is 2.71 bits per heavy atom. The van der Waals surface area contributed by atoms with Crippen LogP contribution in [-0.4, -0.2) is 32.6 Å². The topological polar surface area (TPSA) is 78.3 Å². The van der Waals surface area contributed by atoms with Gasteiger partial charge in [-0.3, -0.25) is 0 Å². The van der Waals surface area contributed by atoms with Crippen LogP contribution in [0, 0.1) is 6.92 Å². The fourth-order valence-electron chi connectivity index (χ4n) is 3.94. The number of allylic oxidation sites excluding steroid dienone is 1. The van der Waals surface area contributed by atoms with Crippen molar-refractivity contribution in [2.24, 2.45) is 0 Å². The van der Waals surface area contributed by atoms with Crippen molar-refractivity contribution >= 4 is 39.6 Å². The molecule has 0 bridgehead atoms. The van der Waals surface area contributed by atoms with Crippen molar-refractivity contribution in [3.8, 4) is 5.75 Å². The zero-order valence-corrected chi connectivity index (χ0v) is 22.9. The Balaban J connectivity index is 1.82. The van der Waals surface area contributed by atoms with E-state index in [9.17, 15) is 4.79 Å². The summed E-state index contributed by atoms with van der Waals surface area (Å²) in [5, 5.41) is 8.63. The van der Waals surface area contributed by atoms with Crippen molar-refractivity contribution in [2.75, 3.05) is 11.1 Å². The Hall–Kier alpha value is -2.78. The molecule has 0 radical (unpaired) electrons. The highest BCUT2D eigenvalue weighted by Crippen LogP contribution is 2.41. The Bertz CT molecular complexity index is 1270. The van der Waals surface area contributed by atoms with Crippen LogP contribution < -0.4 is 10.1 Å². The summed E-state index contributed by atoms with van der Waals surface area (Å²) in [6.45, 7) is 10.1. The minimum absolute atomic E-state index is 0.258. The number of nitrogens with one attached hydrogen (secondary N) is 1. The highest BCUT2D eigenvalue weighted by Gasteiger charge is 2.37. The summed E-state index contributed by atoms with van der Waals surface area (Å²) in [5.74, 6) is 1.68. The van der Waals surface area contributed by atoms with Gasteiger partial charge in [-0.2, -0.15) is 4.98 Å². The molecule has 9 heteroatoms. The molecular formula is C26H29BrN4O3S. The predicted octanol–water partition coefficient (Wildman–Crippen LogP) is 6.28. The first-order valence-electron chi connectivity index (χ1n) is 11.5. The average molecular weight is 558 g/mol. The number of benzene rings is 2. The lowest BCUT2D eigenvalue weighted by Crippen LogP contribution is -2.31. The Labute approximate surface area is 218 Å². The number of ether oxygens (including phenoxy) is 2. The van der Waals surface area contributed by atoms with Crippen LogP contribution in [0.15, 0.2) is 63.4 Å². The van der Waals surface area contributed by atoms with E-state index in [2.05, 4.69) is 52.2 Å². The van der Waals surface area contributed by atoms with Gasteiger partial charge in [-0.05, 0) is 62.8 Å². The molecule has 7 nitrogen and oxygen atoms in total. The van der Waals surface area contributed by atoms with E-state index in [4.69, 9.17) is 14.6 Å². The first kappa shape index (κ1) is 25.3. The molecule has 2 aromatic carbocycles. The van der Waals surface area contributed by atoms with E-state index in [0.29, 0.717) is 34.7 Å². The molecule has 35 heavy (non-hydrogen) atoms. The second-order valence-corrected chi connectivity index (χ2v) is 10.7. The third-order valence-corrected chi connectivity index (χ3v) is 6.79. The number of nitrogens with zero attached hydrogens (tertiary/aromatic N) is 3. The van der Waals surface area contributed by atoms with Crippen molar-refractivity contribution in [1.29, 1.82) is 0 Å². The molecule has 1 aromatic heterocycles. The molecular weight excluding hydrogens is 528 g/mol. The lowest BCUT2D eigenvalue weighted by molar-refractivity contribution is -0.143. The second-order valence-electron chi connectivity index (χ2n) is 8.51. The van der Waals surface area contributed by atoms with Gasteiger partial charge in [-0.1, -0.05) is 58.9 Å². The number of esters is 1. The molecule has 1 aliphatic heterocycles. The van der Waals surface area contributed by atoms with E-state index in [1.807, 2.05) is 51.1 Å². The average Bonchev–Trinajstić information content (AvgIpc) is 3.19. The zero-order valence-electron chi connectivity index (χ0n) is 20.5. The van der Waals surface area contributed by atoms with Crippen LogP contribution in [-0.2, 0) is 16.1 Å². The van der Waals surface area contributed by atoms with Gasteiger partial charge in [-0.15, -0.1) is 5.10 Å². The van der Waals surface area contributed by atoms with Gasteiger partial charge < -0.3 is 14.8 Å². The molecule has 1 atom stereocenters. The zero-order chi connectivity index (χ0) is 25.1. The summed E-state index contributed by atoms with van der Waals surface area (Å²) in [6.07, 6.45) is -0.258. The molecule has 3 aromatic rings. The largest absolute Gasteiger partial charge is 0.489 e. The van der Waals surface area contributed by atoms with Crippen LogP contribution in [0.5, 0.6) is 5.75 Å². The lowest BCUT2D eigenvalue weighted by Gasteiger charge is -2.29. The molecule has 1 N–H and O–H groups in total. The summed E-state index contributed by atoms with van der Waals surface area (Å²) in [5.41, 5.74) is 4.20. The van der Waals surface area contributed by atoms with E-state index in [1.54, 1.807) is 16.4 Å². The van der Waals surface area contributed by atoms with Gasteiger partial charge in [0.05, 0.1) is 11.7 Å². The number of fused-ring (bicyclic) bond motifs is 1. The van der Waals surface area contributed by atoms with Gasteiger partial charge >= 0.3 is 5.97 Å². The third kappa shape index (κ3) is 5.56. The second kappa shape index (κ2) is 10.9. The number of hydrogen-bond donors (Lipinski definition) is 1. The molecule has 0 amide bonds. The number of thioether (sulfide) groups is 1. The van der Waals surface area contributed by atoms with E-state index < -0.39 is 12.0 Å². The fraction of sp³-hybridized carbons (Fsp3) is 0.346. The standard InChI is InChI=1S/C26H29BrN4O3S/c1-6-35-26-29-25-28-17(5)22(24(32)34-15(2)3)23(31(25)30-26)20-13-19(27)11-12-21(20)33-14-18-10-8-7-9-16(18)4/h7-13,15,23H,6,14H2,1-5H3,(H,28,29,30). The quantitative estimate of drug-likeness (QED) is 0.258. The monoisotopic (exact) mass is 556 g/mol. The maximum atomic E-state index is 13.3. The van der Waals surface area contributed by atoms with Crippen molar-refractivity contribution in [1.82, 2.24) is 14.8 Å².